The van der Waals surface area contributed by atoms with E-state index in [0.717, 1.165) is 12.0 Å². The summed E-state index contributed by atoms with van der Waals surface area (Å²) in [6.07, 6.45) is 1.48. The number of carboxylic acids is 1. The zero-order valence-corrected chi connectivity index (χ0v) is 14.2. The molecule has 1 aromatic rings. The molecule has 7 nitrogen and oxygen atoms in total. The van der Waals surface area contributed by atoms with Crippen LogP contribution < -0.4 is 0 Å². The molecule has 0 amide bonds. The predicted octanol–water partition coefficient (Wildman–Crippen LogP) is 0.826. The van der Waals surface area contributed by atoms with Gasteiger partial charge in [0.2, 0.25) is 0 Å². The van der Waals surface area contributed by atoms with Crippen molar-refractivity contribution in [3.05, 3.63) is 35.4 Å². The maximum Gasteiger partial charge on any atom is 0.335 e. The third kappa shape index (κ3) is 3.77. The van der Waals surface area contributed by atoms with Crippen molar-refractivity contribution in [2.24, 2.45) is 5.92 Å². The van der Waals surface area contributed by atoms with E-state index < -0.39 is 16.2 Å². The Morgan fingerprint density at radius 2 is 1.96 bits per heavy atom. The van der Waals surface area contributed by atoms with Gasteiger partial charge in [-0.3, -0.25) is 0 Å². The van der Waals surface area contributed by atoms with Gasteiger partial charge in [0.15, 0.2) is 0 Å². The highest BCUT2D eigenvalue weighted by molar-refractivity contribution is 7.86. The largest absolute Gasteiger partial charge is 0.478 e. The lowest BCUT2D eigenvalue weighted by molar-refractivity contribution is 0.0696. The van der Waals surface area contributed by atoms with Crippen molar-refractivity contribution in [1.82, 2.24) is 8.61 Å². The van der Waals surface area contributed by atoms with Crippen LogP contribution in [0.3, 0.4) is 0 Å². The van der Waals surface area contributed by atoms with Crippen LogP contribution in [0.2, 0.25) is 0 Å². The molecule has 0 spiro atoms. The average Bonchev–Trinajstić information content (AvgIpc) is 3.05. The molecule has 2 heterocycles. The van der Waals surface area contributed by atoms with Gasteiger partial charge in [0.25, 0.3) is 10.2 Å². The number of benzene rings is 1. The summed E-state index contributed by atoms with van der Waals surface area (Å²) in [5.74, 6) is -0.732. The third-order valence-electron chi connectivity index (χ3n) is 4.57. The molecule has 2 aliphatic rings. The molecule has 2 saturated heterocycles. The number of ether oxygens (including phenoxy) is 1. The number of carboxylic acid groups (broad SMARTS) is 1. The van der Waals surface area contributed by atoms with E-state index in [4.69, 9.17) is 9.84 Å². The van der Waals surface area contributed by atoms with Crippen molar-refractivity contribution in [2.45, 2.75) is 12.8 Å². The molecule has 8 heteroatoms. The molecule has 1 atom stereocenters. The third-order valence-corrected chi connectivity index (χ3v) is 6.57. The first kappa shape index (κ1) is 17.3. The summed E-state index contributed by atoms with van der Waals surface area (Å²) < 4.78 is 33.5. The van der Waals surface area contributed by atoms with Crippen molar-refractivity contribution in [3.8, 4) is 0 Å². The number of nitrogens with zero attached hydrogens (tertiary/aromatic N) is 2. The van der Waals surface area contributed by atoms with Gasteiger partial charge in [-0.25, -0.2) is 4.79 Å². The summed E-state index contributed by atoms with van der Waals surface area (Å²) in [5.41, 5.74) is 1.20. The quantitative estimate of drug-likeness (QED) is 0.846. The van der Waals surface area contributed by atoms with Gasteiger partial charge in [-0.05, 0) is 36.5 Å². The smallest absolute Gasteiger partial charge is 0.335 e. The summed E-state index contributed by atoms with van der Waals surface area (Å²) in [5, 5.41) is 9.06. The molecule has 0 radical (unpaired) electrons. The van der Waals surface area contributed by atoms with E-state index in [9.17, 15) is 13.2 Å². The van der Waals surface area contributed by atoms with Gasteiger partial charge < -0.3 is 9.84 Å². The first-order valence-electron chi connectivity index (χ1n) is 8.12. The van der Waals surface area contributed by atoms with Crippen LogP contribution in [0, 0.1) is 5.92 Å². The molecule has 132 valence electrons. The SMILES string of the molecule is O=C(O)c1cccc(C[C@@H]2CCN(S(=O)(=O)N3CCOCC3)C2)c1. The molecular formula is C16H22N2O5S. The second-order valence-electron chi connectivity index (χ2n) is 6.24. The Hall–Kier alpha value is -1.48. The van der Waals surface area contributed by atoms with Crippen LogP contribution in [-0.4, -0.2) is 67.5 Å². The van der Waals surface area contributed by atoms with E-state index in [1.54, 1.807) is 22.5 Å². The monoisotopic (exact) mass is 354 g/mol. The Kier molecular flexibility index (Phi) is 5.19. The van der Waals surface area contributed by atoms with Gasteiger partial charge >= 0.3 is 5.97 Å². The maximum atomic E-state index is 12.6. The van der Waals surface area contributed by atoms with E-state index in [2.05, 4.69) is 0 Å². The lowest BCUT2D eigenvalue weighted by atomic mass is 9.97. The average molecular weight is 354 g/mol. The zero-order valence-electron chi connectivity index (χ0n) is 13.4. The summed E-state index contributed by atoms with van der Waals surface area (Å²) in [6, 6.07) is 6.86. The van der Waals surface area contributed by atoms with Gasteiger partial charge in [-0.2, -0.15) is 17.0 Å². The molecular weight excluding hydrogens is 332 g/mol. The number of morpholine rings is 1. The number of carbonyl (C=O) groups is 1. The van der Waals surface area contributed by atoms with E-state index >= 15 is 0 Å². The molecule has 2 fully saturated rings. The summed E-state index contributed by atoms with van der Waals surface area (Å²) in [4.78, 5) is 11.0. The first-order chi connectivity index (χ1) is 11.5. The molecule has 0 saturated carbocycles. The van der Waals surface area contributed by atoms with Gasteiger partial charge in [0.1, 0.15) is 0 Å². The Morgan fingerprint density at radius 1 is 1.21 bits per heavy atom. The zero-order chi connectivity index (χ0) is 17.2. The molecule has 1 N–H and O–H groups in total. The lowest BCUT2D eigenvalue weighted by Crippen LogP contribution is -2.47. The topological polar surface area (TPSA) is 87.2 Å². The standard InChI is InChI=1S/C16H22N2O5S/c19-16(20)15-3-1-2-13(11-15)10-14-4-5-18(12-14)24(21,22)17-6-8-23-9-7-17/h1-3,11,14H,4-10,12H2,(H,19,20)/t14-/m0/s1. The summed E-state index contributed by atoms with van der Waals surface area (Å²) in [7, 11) is -3.42. The van der Waals surface area contributed by atoms with Crippen LogP contribution in [0.5, 0.6) is 0 Å². The van der Waals surface area contributed by atoms with Crippen molar-refractivity contribution in [2.75, 3.05) is 39.4 Å². The van der Waals surface area contributed by atoms with Gasteiger partial charge in [0, 0.05) is 26.2 Å². The van der Waals surface area contributed by atoms with Crippen LogP contribution in [0.15, 0.2) is 24.3 Å². The Labute approximate surface area is 142 Å². The summed E-state index contributed by atoms with van der Waals surface area (Å²) >= 11 is 0. The summed E-state index contributed by atoms with van der Waals surface area (Å²) in [6.45, 7) is 2.70. The molecule has 1 aromatic carbocycles. The highest BCUT2D eigenvalue weighted by atomic mass is 32.2. The number of hydrogen-bond acceptors (Lipinski definition) is 4. The van der Waals surface area contributed by atoms with Crippen LogP contribution in [-0.2, 0) is 21.4 Å². The molecule has 0 aliphatic carbocycles. The second-order valence-corrected chi connectivity index (χ2v) is 8.17. The minimum Gasteiger partial charge on any atom is -0.478 e. The fourth-order valence-corrected chi connectivity index (χ4v) is 4.95. The molecule has 2 aliphatic heterocycles. The van der Waals surface area contributed by atoms with E-state index in [0.29, 0.717) is 45.8 Å². The van der Waals surface area contributed by atoms with Crippen LogP contribution >= 0.6 is 0 Å². The molecule has 0 unspecified atom stereocenters. The number of hydrogen-bond donors (Lipinski definition) is 1. The minimum absolute atomic E-state index is 0.213. The van der Waals surface area contributed by atoms with Crippen LogP contribution in [0.4, 0.5) is 0 Å². The van der Waals surface area contributed by atoms with Crippen LogP contribution in [0.25, 0.3) is 0 Å². The van der Waals surface area contributed by atoms with Gasteiger partial charge in [-0.1, -0.05) is 12.1 Å². The second kappa shape index (κ2) is 7.18. The van der Waals surface area contributed by atoms with E-state index in [1.165, 1.54) is 4.31 Å². The van der Waals surface area contributed by atoms with Crippen molar-refractivity contribution in [3.63, 3.8) is 0 Å². The lowest BCUT2D eigenvalue weighted by Gasteiger charge is -2.30. The van der Waals surface area contributed by atoms with Crippen molar-refractivity contribution < 1.29 is 23.1 Å². The predicted molar refractivity (Wildman–Crippen MR) is 88.1 cm³/mol. The van der Waals surface area contributed by atoms with Gasteiger partial charge in [-0.15, -0.1) is 0 Å². The van der Waals surface area contributed by atoms with Crippen molar-refractivity contribution in [1.29, 1.82) is 0 Å². The maximum absolute atomic E-state index is 12.6. The van der Waals surface area contributed by atoms with Gasteiger partial charge in [0.05, 0.1) is 18.8 Å². The molecule has 24 heavy (non-hydrogen) atoms. The first-order valence-corrected chi connectivity index (χ1v) is 9.52. The van der Waals surface area contributed by atoms with Crippen LogP contribution in [0.1, 0.15) is 22.3 Å². The molecule has 0 bridgehead atoms. The number of aromatic carboxylic acids is 1. The van der Waals surface area contributed by atoms with E-state index in [-0.39, 0.29) is 11.5 Å². The fourth-order valence-electron chi connectivity index (χ4n) is 3.28. The minimum atomic E-state index is -3.42. The molecule has 3 rings (SSSR count). The van der Waals surface area contributed by atoms with Crippen molar-refractivity contribution >= 4 is 16.2 Å². The number of rotatable bonds is 5. The highest BCUT2D eigenvalue weighted by Gasteiger charge is 2.36. The fraction of sp³-hybridized carbons (Fsp3) is 0.562. The Bertz CT molecular complexity index is 700. The Balaban J connectivity index is 1.63. The Morgan fingerprint density at radius 3 is 2.67 bits per heavy atom. The molecule has 0 aromatic heterocycles. The normalized spacial score (nSPS) is 23.4. The van der Waals surface area contributed by atoms with E-state index in [1.807, 2.05) is 6.07 Å². The highest BCUT2D eigenvalue weighted by Crippen LogP contribution is 2.25.